The van der Waals surface area contributed by atoms with Gasteiger partial charge in [0.15, 0.2) is 0 Å². The maximum absolute atomic E-state index is 5.66. The lowest BCUT2D eigenvalue weighted by molar-refractivity contribution is 0.139. The van der Waals surface area contributed by atoms with Crippen molar-refractivity contribution in [3.8, 4) is 5.88 Å². The Balaban J connectivity index is 2.50. The van der Waals surface area contributed by atoms with Crippen LogP contribution in [0.25, 0.3) is 0 Å². The third-order valence-electron chi connectivity index (χ3n) is 2.90. The fraction of sp³-hybridized carbons (Fsp3) is 0.692. The molecular weight excluding hydrogens is 228 g/mol. The Morgan fingerprint density at radius 1 is 1.28 bits per heavy atom. The summed E-state index contributed by atoms with van der Waals surface area (Å²) in [6, 6.07) is 2.85. The summed E-state index contributed by atoms with van der Waals surface area (Å²) in [7, 11) is 0. The fourth-order valence-corrected chi connectivity index (χ4v) is 1.98. The van der Waals surface area contributed by atoms with Crippen molar-refractivity contribution in [1.82, 2.24) is 15.1 Å². The van der Waals surface area contributed by atoms with Gasteiger partial charge in [-0.05, 0) is 33.8 Å². The van der Waals surface area contributed by atoms with Gasteiger partial charge < -0.3 is 10.5 Å². The maximum atomic E-state index is 5.66. The van der Waals surface area contributed by atoms with E-state index in [2.05, 4.69) is 42.8 Å². The molecule has 1 rings (SSSR count). The molecule has 0 saturated heterocycles. The molecule has 18 heavy (non-hydrogen) atoms. The van der Waals surface area contributed by atoms with Crippen molar-refractivity contribution in [2.45, 2.75) is 46.3 Å². The molecule has 0 aliphatic rings. The van der Waals surface area contributed by atoms with Gasteiger partial charge in [-0.1, -0.05) is 0 Å². The Kier molecular flexibility index (Phi) is 6.01. The molecule has 102 valence electrons. The normalized spacial score (nSPS) is 11.6. The van der Waals surface area contributed by atoms with Gasteiger partial charge in [-0.2, -0.15) is 5.10 Å². The van der Waals surface area contributed by atoms with Crippen LogP contribution in [-0.2, 0) is 6.54 Å². The van der Waals surface area contributed by atoms with E-state index in [-0.39, 0.29) is 0 Å². The second kappa shape index (κ2) is 7.28. The van der Waals surface area contributed by atoms with Gasteiger partial charge in [0.1, 0.15) is 6.61 Å². The molecule has 1 aromatic heterocycles. The SMILES string of the molecule is CC(C)N(CCOc1nnccc1CN)C(C)C. The van der Waals surface area contributed by atoms with Crippen LogP contribution in [0, 0.1) is 0 Å². The van der Waals surface area contributed by atoms with Crippen molar-refractivity contribution in [2.24, 2.45) is 5.73 Å². The minimum Gasteiger partial charge on any atom is -0.475 e. The van der Waals surface area contributed by atoms with Gasteiger partial charge in [-0.25, -0.2) is 0 Å². The van der Waals surface area contributed by atoms with Crippen LogP contribution in [0.2, 0.25) is 0 Å². The van der Waals surface area contributed by atoms with Crippen molar-refractivity contribution in [3.05, 3.63) is 17.8 Å². The second-order valence-electron chi connectivity index (χ2n) is 4.84. The lowest BCUT2D eigenvalue weighted by Gasteiger charge is -2.30. The summed E-state index contributed by atoms with van der Waals surface area (Å²) in [5.41, 5.74) is 6.51. The predicted octanol–water partition coefficient (Wildman–Crippen LogP) is 1.43. The number of aromatic nitrogens is 2. The molecule has 0 aliphatic carbocycles. The van der Waals surface area contributed by atoms with Gasteiger partial charge in [-0.3, -0.25) is 4.90 Å². The largest absolute Gasteiger partial charge is 0.475 e. The molecule has 0 radical (unpaired) electrons. The minimum absolute atomic E-state index is 0.420. The molecule has 0 bridgehead atoms. The Morgan fingerprint density at radius 3 is 2.50 bits per heavy atom. The molecule has 0 aliphatic heterocycles. The molecule has 0 fully saturated rings. The summed E-state index contributed by atoms with van der Waals surface area (Å²) >= 11 is 0. The third kappa shape index (κ3) is 4.23. The van der Waals surface area contributed by atoms with Gasteiger partial charge >= 0.3 is 0 Å². The average Bonchev–Trinajstić information content (AvgIpc) is 2.34. The third-order valence-corrected chi connectivity index (χ3v) is 2.90. The highest BCUT2D eigenvalue weighted by Crippen LogP contribution is 2.12. The first kappa shape index (κ1) is 14.9. The van der Waals surface area contributed by atoms with E-state index in [9.17, 15) is 0 Å². The topological polar surface area (TPSA) is 64.3 Å². The van der Waals surface area contributed by atoms with E-state index in [0.29, 0.717) is 31.1 Å². The standard InChI is InChI=1S/C13H24N4O/c1-10(2)17(11(3)4)7-8-18-13-12(9-14)5-6-15-16-13/h5-6,10-11H,7-9,14H2,1-4H3. The number of ether oxygens (including phenoxy) is 1. The zero-order valence-electron chi connectivity index (χ0n) is 11.8. The highest BCUT2D eigenvalue weighted by molar-refractivity contribution is 5.22. The van der Waals surface area contributed by atoms with Gasteiger partial charge in [0.05, 0.1) is 6.20 Å². The van der Waals surface area contributed by atoms with Crippen LogP contribution in [-0.4, -0.2) is 40.3 Å². The lowest BCUT2D eigenvalue weighted by Crippen LogP contribution is -2.39. The summed E-state index contributed by atoms with van der Waals surface area (Å²) in [5.74, 6) is 0.549. The van der Waals surface area contributed by atoms with E-state index >= 15 is 0 Å². The molecular formula is C13H24N4O. The molecule has 0 aromatic carbocycles. The molecule has 0 amide bonds. The zero-order valence-corrected chi connectivity index (χ0v) is 11.8. The average molecular weight is 252 g/mol. The van der Waals surface area contributed by atoms with Crippen LogP contribution in [0.3, 0.4) is 0 Å². The van der Waals surface area contributed by atoms with Crippen molar-refractivity contribution in [1.29, 1.82) is 0 Å². The van der Waals surface area contributed by atoms with Crippen LogP contribution in [0.4, 0.5) is 0 Å². The van der Waals surface area contributed by atoms with E-state index in [1.165, 1.54) is 0 Å². The van der Waals surface area contributed by atoms with Crippen LogP contribution in [0.15, 0.2) is 12.3 Å². The van der Waals surface area contributed by atoms with Crippen LogP contribution >= 0.6 is 0 Å². The van der Waals surface area contributed by atoms with E-state index in [0.717, 1.165) is 12.1 Å². The van der Waals surface area contributed by atoms with Crippen molar-refractivity contribution < 1.29 is 4.74 Å². The highest BCUT2D eigenvalue weighted by atomic mass is 16.5. The molecule has 1 heterocycles. The monoisotopic (exact) mass is 252 g/mol. The molecule has 5 heteroatoms. The van der Waals surface area contributed by atoms with E-state index in [1.807, 2.05) is 6.07 Å². The van der Waals surface area contributed by atoms with Crippen LogP contribution in [0.5, 0.6) is 5.88 Å². The molecule has 0 spiro atoms. The van der Waals surface area contributed by atoms with E-state index < -0.39 is 0 Å². The number of hydrogen-bond donors (Lipinski definition) is 1. The Morgan fingerprint density at radius 2 is 1.94 bits per heavy atom. The van der Waals surface area contributed by atoms with Crippen molar-refractivity contribution in [2.75, 3.05) is 13.2 Å². The predicted molar refractivity (Wildman–Crippen MR) is 72.4 cm³/mol. The summed E-state index contributed by atoms with van der Waals surface area (Å²) < 4.78 is 5.66. The molecule has 5 nitrogen and oxygen atoms in total. The Bertz CT molecular complexity index is 347. The Labute approximate surface area is 109 Å². The van der Waals surface area contributed by atoms with Gasteiger partial charge in [0.25, 0.3) is 0 Å². The first-order valence-corrected chi connectivity index (χ1v) is 6.45. The minimum atomic E-state index is 0.420. The zero-order chi connectivity index (χ0) is 13.5. The van der Waals surface area contributed by atoms with Crippen LogP contribution in [0.1, 0.15) is 33.3 Å². The quantitative estimate of drug-likeness (QED) is 0.795. The first-order valence-electron chi connectivity index (χ1n) is 6.45. The highest BCUT2D eigenvalue weighted by Gasteiger charge is 2.13. The van der Waals surface area contributed by atoms with Gasteiger partial charge in [0, 0.05) is 30.7 Å². The number of nitrogens with two attached hydrogens (primary N) is 1. The van der Waals surface area contributed by atoms with Crippen LogP contribution < -0.4 is 10.5 Å². The summed E-state index contributed by atoms with van der Waals surface area (Å²) in [6.45, 7) is 10.6. The summed E-state index contributed by atoms with van der Waals surface area (Å²) in [4.78, 5) is 2.37. The Hall–Kier alpha value is -1.20. The second-order valence-corrected chi connectivity index (χ2v) is 4.84. The summed E-state index contributed by atoms with van der Waals surface area (Å²) in [6.07, 6.45) is 1.63. The van der Waals surface area contributed by atoms with E-state index in [4.69, 9.17) is 10.5 Å². The molecule has 0 unspecified atom stereocenters. The first-order chi connectivity index (χ1) is 8.56. The fourth-order valence-electron chi connectivity index (χ4n) is 1.98. The molecule has 2 N–H and O–H groups in total. The van der Waals surface area contributed by atoms with Gasteiger partial charge in [0.2, 0.25) is 5.88 Å². The summed E-state index contributed by atoms with van der Waals surface area (Å²) in [5, 5.41) is 7.78. The number of nitrogens with zero attached hydrogens (tertiary/aromatic N) is 3. The van der Waals surface area contributed by atoms with E-state index in [1.54, 1.807) is 6.20 Å². The van der Waals surface area contributed by atoms with Crippen molar-refractivity contribution >= 4 is 0 Å². The molecule has 1 aromatic rings. The smallest absolute Gasteiger partial charge is 0.237 e. The van der Waals surface area contributed by atoms with Crippen molar-refractivity contribution in [3.63, 3.8) is 0 Å². The number of hydrogen-bond acceptors (Lipinski definition) is 5. The lowest BCUT2D eigenvalue weighted by atomic mass is 10.2. The van der Waals surface area contributed by atoms with Gasteiger partial charge in [-0.15, -0.1) is 5.10 Å². The molecule has 0 saturated carbocycles. The number of rotatable bonds is 7. The maximum Gasteiger partial charge on any atom is 0.237 e. The molecule has 0 atom stereocenters.